The molecule has 2 aromatic rings. The quantitative estimate of drug-likeness (QED) is 0.699. The molecule has 2 aromatic heterocycles. The molecule has 1 aliphatic heterocycles. The van der Waals surface area contributed by atoms with Gasteiger partial charge in [-0.25, -0.2) is 15.0 Å². The second-order valence-corrected chi connectivity index (χ2v) is 6.93. The van der Waals surface area contributed by atoms with Crippen LogP contribution in [0.3, 0.4) is 0 Å². The standard InChI is InChI=1S/C16H23N5O4/c1-8-18-14(20-9-4-5-9)11-15(19-8)21(7-17-11)16(2)13(23)12(22)10(25-16)6-24-3/h7,9-10,12-13,22-23H,4-6H2,1-3H3,(H,18,19,20)/t10-,12-,13-,16-/m1/s1. The summed E-state index contributed by atoms with van der Waals surface area (Å²) in [5, 5.41) is 24.3. The molecule has 0 bridgehead atoms. The van der Waals surface area contributed by atoms with Crippen molar-refractivity contribution in [3.05, 3.63) is 12.2 Å². The Bertz CT molecular complexity index is 792. The van der Waals surface area contributed by atoms with E-state index in [1.54, 1.807) is 17.8 Å². The minimum Gasteiger partial charge on any atom is -0.387 e. The van der Waals surface area contributed by atoms with Crippen LogP contribution >= 0.6 is 0 Å². The van der Waals surface area contributed by atoms with Gasteiger partial charge in [0.15, 0.2) is 22.7 Å². The third kappa shape index (κ3) is 2.67. The predicted molar refractivity (Wildman–Crippen MR) is 89.1 cm³/mol. The fraction of sp³-hybridized carbons (Fsp3) is 0.688. The zero-order valence-electron chi connectivity index (χ0n) is 14.5. The van der Waals surface area contributed by atoms with Gasteiger partial charge in [-0.15, -0.1) is 0 Å². The molecule has 0 aromatic carbocycles. The molecule has 9 heteroatoms. The van der Waals surface area contributed by atoms with E-state index in [9.17, 15) is 10.2 Å². The fourth-order valence-electron chi connectivity index (χ4n) is 3.32. The summed E-state index contributed by atoms with van der Waals surface area (Å²) in [6.45, 7) is 3.71. The number of rotatable bonds is 5. The first-order valence-corrected chi connectivity index (χ1v) is 8.45. The van der Waals surface area contributed by atoms with Crippen LogP contribution in [-0.4, -0.2) is 67.8 Å². The SMILES string of the molecule is COC[C@H]1O[C@@](C)(n2cnc3c(NC4CC4)nc(C)nc32)[C@H](O)[C@@H]1O. The molecule has 0 unspecified atom stereocenters. The third-order valence-electron chi connectivity index (χ3n) is 4.88. The van der Waals surface area contributed by atoms with Crippen molar-refractivity contribution in [2.75, 3.05) is 19.0 Å². The largest absolute Gasteiger partial charge is 0.387 e. The summed E-state index contributed by atoms with van der Waals surface area (Å²) in [5.74, 6) is 1.29. The molecule has 4 rings (SSSR count). The highest BCUT2D eigenvalue weighted by Crippen LogP contribution is 2.38. The van der Waals surface area contributed by atoms with E-state index < -0.39 is 24.0 Å². The number of aryl methyl sites for hydroxylation is 1. The first-order valence-electron chi connectivity index (χ1n) is 8.45. The molecule has 1 saturated carbocycles. The molecule has 3 heterocycles. The summed E-state index contributed by atoms with van der Waals surface area (Å²) in [6.07, 6.45) is 0.983. The lowest BCUT2D eigenvalue weighted by atomic mass is 10.0. The summed E-state index contributed by atoms with van der Waals surface area (Å²) in [6, 6.07) is 0.430. The number of nitrogens with one attached hydrogen (secondary N) is 1. The molecule has 2 fully saturated rings. The second kappa shape index (κ2) is 5.87. The van der Waals surface area contributed by atoms with Crippen molar-refractivity contribution in [1.82, 2.24) is 19.5 Å². The summed E-state index contributed by atoms with van der Waals surface area (Å²) in [7, 11) is 1.52. The predicted octanol–water partition coefficient (Wildman–Crippen LogP) is 0.149. The van der Waals surface area contributed by atoms with Crippen LogP contribution in [0.4, 0.5) is 5.82 Å². The number of nitrogens with zero attached hydrogens (tertiary/aromatic N) is 4. The van der Waals surface area contributed by atoms with Crippen molar-refractivity contribution >= 4 is 17.0 Å². The van der Waals surface area contributed by atoms with E-state index in [1.165, 1.54) is 7.11 Å². The van der Waals surface area contributed by atoms with Crippen LogP contribution in [0, 0.1) is 6.92 Å². The van der Waals surface area contributed by atoms with Gasteiger partial charge in [-0.3, -0.25) is 4.57 Å². The molecule has 3 N–H and O–H groups in total. The highest BCUT2D eigenvalue weighted by Gasteiger charge is 2.53. The van der Waals surface area contributed by atoms with Crippen LogP contribution < -0.4 is 5.32 Å². The van der Waals surface area contributed by atoms with Gasteiger partial charge in [-0.2, -0.15) is 0 Å². The van der Waals surface area contributed by atoms with E-state index in [2.05, 4.69) is 20.3 Å². The minimum atomic E-state index is -1.20. The maximum Gasteiger partial charge on any atom is 0.173 e. The first kappa shape index (κ1) is 16.6. The number of methoxy groups -OCH3 is 1. The number of hydrogen-bond acceptors (Lipinski definition) is 8. The van der Waals surface area contributed by atoms with Crippen molar-refractivity contribution in [3.8, 4) is 0 Å². The summed E-state index contributed by atoms with van der Waals surface area (Å²) < 4.78 is 12.7. The van der Waals surface area contributed by atoms with Crippen LogP contribution in [0.1, 0.15) is 25.6 Å². The summed E-state index contributed by atoms with van der Waals surface area (Å²) in [4.78, 5) is 13.4. The first-order chi connectivity index (χ1) is 11.9. The molecule has 136 valence electrons. The van der Waals surface area contributed by atoms with Gasteiger partial charge in [0.05, 0.1) is 12.9 Å². The number of aromatic nitrogens is 4. The van der Waals surface area contributed by atoms with E-state index in [4.69, 9.17) is 9.47 Å². The van der Waals surface area contributed by atoms with Gasteiger partial charge < -0.3 is 25.0 Å². The van der Waals surface area contributed by atoms with Crippen molar-refractivity contribution in [1.29, 1.82) is 0 Å². The van der Waals surface area contributed by atoms with Gasteiger partial charge in [-0.1, -0.05) is 0 Å². The van der Waals surface area contributed by atoms with Crippen LogP contribution in [0.15, 0.2) is 6.33 Å². The van der Waals surface area contributed by atoms with Gasteiger partial charge in [-0.05, 0) is 26.7 Å². The lowest BCUT2D eigenvalue weighted by Gasteiger charge is -2.29. The van der Waals surface area contributed by atoms with Gasteiger partial charge in [0, 0.05) is 13.2 Å². The van der Waals surface area contributed by atoms with Crippen molar-refractivity contribution < 1.29 is 19.7 Å². The van der Waals surface area contributed by atoms with Crippen LogP contribution in [0.25, 0.3) is 11.2 Å². The molecule has 1 aliphatic carbocycles. The molecule has 0 radical (unpaired) electrons. The number of fused-ring (bicyclic) bond motifs is 1. The van der Waals surface area contributed by atoms with Gasteiger partial charge in [0.1, 0.15) is 24.1 Å². The highest BCUT2D eigenvalue weighted by molar-refractivity contribution is 5.83. The Balaban J connectivity index is 1.77. The fourth-order valence-corrected chi connectivity index (χ4v) is 3.32. The lowest BCUT2D eigenvalue weighted by Crippen LogP contribution is -2.43. The Morgan fingerprint density at radius 3 is 2.84 bits per heavy atom. The van der Waals surface area contributed by atoms with E-state index in [0.29, 0.717) is 28.8 Å². The lowest BCUT2D eigenvalue weighted by molar-refractivity contribution is -0.134. The monoisotopic (exact) mass is 349 g/mol. The van der Waals surface area contributed by atoms with Gasteiger partial charge >= 0.3 is 0 Å². The average molecular weight is 349 g/mol. The number of anilines is 1. The second-order valence-electron chi connectivity index (χ2n) is 6.93. The smallest absolute Gasteiger partial charge is 0.173 e. The van der Waals surface area contributed by atoms with Crippen LogP contribution in [-0.2, 0) is 15.2 Å². The van der Waals surface area contributed by atoms with E-state index in [-0.39, 0.29) is 6.61 Å². The third-order valence-corrected chi connectivity index (χ3v) is 4.88. The molecular formula is C16H23N5O4. The zero-order chi connectivity index (χ0) is 17.8. The molecule has 1 saturated heterocycles. The van der Waals surface area contributed by atoms with E-state index in [1.807, 2.05) is 6.92 Å². The molecule has 9 nitrogen and oxygen atoms in total. The molecule has 0 amide bonds. The van der Waals surface area contributed by atoms with Gasteiger partial charge in [0.25, 0.3) is 0 Å². The molecule has 25 heavy (non-hydrogen) atoms. The minimum absolute atomic E-state index is 0.183. The van der Waals surface area contributed by atoms with Crippen molar-refractivity contribution in [3.63, 3.8) is 0 Å². The molecule has 2 aliphatic rings. The van der Waals surface area contributed by atoms with E-state index in [0.717, 1.165) is 12.8 Å². The number of aliphatic hydroxyl groups is 2. The van der Waals surface area contributed by atoms with E-state index >= 15 is 0 Å². The number of hydrogen-bond donors (Lipinski definition) is 3. The van der Waals surface area contributed by atoms with Crippen LogP contribution in [0.5, 0.6) is 0 Å². The maximum atomic E-state index is 10.6. The highest BCUT2D eigenvalue weighted by atomic mass is 16.6. The number of aliphatic hydroxyl groups excluding tert-OH is 2. The zero-order valence-corrected chi connectivity index (χ0v) is 14.5. The summed E-state index contributed by atoms with van der Waals surface area (Å²) in [5.41, 5.74) is -0.0173. The Kier molecular flexibility index (Phi) is 3.91. The number of imidazole rings is 1. The van der Waals surface area contributed by atoms with Gasteiger partial charge in [0.2, 0.25) is 0 Å². The molecular weight excluding hydrogens is 326 g/mol. The Morgan fingerprint density at radius 2 is 2.16 bits per heavy atom. The van der Waals surface area contributed by atoms with Crippen LogP contribution in [0.2, 0.25) is 0 Å². The normalized spacial score (nSPS) is 32.4. The van der Waals surface area contributed by atoms with Crippen molar-refractivity contribution in [2.45, 2.75) is 56.8 Å². The Morgan fingerprint density at radius 1 is 1.40 bits per heavy atom. The average Bonchev–Trinajstić information content (AvgIpc) is 3.23. The Labute approximate surface area is 145 Å². The molecule has 4 atom stereocenters. The molecule has 0 spiro atoms. The maximum absolute atomic E-state index is 10.6. The Hall–Kier alpha value is -1.81. The van der Waals surface area contributed by atoms with Crippen molar-refractivity contribution in [2.24, 2.45) is 0 Å². The topological polar surface area (TPSA) is 115 Å². The summed E-state index contributed by atoms with van der Waals surface area (Å²) >= 11 is 0. The number of ether oxygens (including phenoxy) is 2.